The molecule has 83 valence electrons. The van der Waals surface area contributed by atoms with Crippen molar-refractivity contribution in [1.29, 1.82) is 0 Å². The minimum absolute atomic E-state index is 0.0468. The molecule has 0 saturated carbocycles. The molecule has 0 fully saturated rings. The average molecular weight is 238 g/mol. The maximum absolute atomic E-state index is 6.32. The lowest BCUT2D eigenvalue weighted by Crippen LogP contribution is -2.10. The summed E-state index contributed by atoms with van der Waals surface area (Å²) in [6, 6.07) is 19.2. The van der Waals surface area contributed by atoms with Crippen LogP contribution in [-0.4, -0.2) is 0 Å². The first kappa shape index (κ1) is 10.5. The van der Waals surface area contributed by atoms with Crippen LogP contribution in [0.5, 0.6) is 0 Å². The van der Waals surface area contributed by atoms with Gasteiger partial charge in [-0.05, 0) is 27.8 Å². The Kier molecular flexibility index (Phi) is 2.67. The topological polar surface area (TPSA) is 26.0 Å². The van der Waals surface area contributed by atoms with Crippen molar-refractivity contribution in [2.45, 2.75) is 6.04 Å². The Balaban J connectivity index is 2.10. The molecule has 1 unspecified atom stereocenters. The van der Waals surface area contributed by atoms with Crippen molar-refractivity contribution >= 4 is 22.1 Å². The molecule has 1 atom stereocenters. The first-order valence-corrected chi connectivity index (χ1v) is 6.42. The van der Waals surface area contributed by atoms with Gasteiger partial charge in [-0.25, -0.2) is 0 Å². The van der Waals surface area contributed by atoms with Gasteiger partial charge in [0.2, 0.25) is 0 Å². The largest absolute Gasteiger partial charge is 0.320 e. The zero-order chi connectivity index (χ0) is 11.7. The van der Waals surface area contributed by atoms with Crippen LogP contribution in [0.25, 0.3) is 10.8 Å². The van der Waals surface area contributed by atoms with Gasteiger partial charge in [0.05, 0.1) is 6.04 Å². The van der Waals surface area contributed by atoms with E-state index in [2.05, 4.69) is 35.7 Å². The van der Waals surface area contributed by atoms with Crippen LogP contribution in [0.2, 0.25) is 0 Å². The highest BCUT2D eigenvalue weighted by molar-refractivity contribution is 7.11. The smallest absolute Gasteiger partial charge is 0.0652 e. The van der Waals surface area contributed by atoms with E-state index in [1.54, 1.807) is 11.3 Å². The molecule has 1 radical (unpaired) electrons. The normalized spacial score (nSPS) is 12.8. The van der Waals surface area contributed by atoms with Gasteiger partial charge in [0, 0.05) is 4.88 Å². The Bertz CT molecular complexity index is 627. The lowest BCUT2D eigenvalue weighted by atomic mass is 10.0. The summed E-state index contributed by atoms with van der Waals surface area (Å²) in [6.07, 6.45) is 0. The van der Waals surface area contributed by atoms with E-state index in [1.807, 2.05) is 24.3 Å². The minimum atomic E-state index is -0.0468. The summed E-state index contributed by atoms with van der Waals surface area (Å²) in [7, 11) is 0. The number of hydrogen-bond donors (Lipinski definition) is 1. The number of rotatable bonds is 2. The predicted molar refractivity (Wildman–Crippen MR) is 73.1 cm³/mol. The standard InChI is InChI=1S/C15H12NS/c16-14(11-6-2-1-3-7-11)15-13-9-5-4-8-12(13)10-17-15/h2-10,14H,16H2. The predicted octanol–water partition coefficient (Wildman–Crippen LogP) is 3.75. The van der Waals surface area contributed by atoms with Gasteiger partial charge >= 0.3 is 0 Å². The molecular weight excluding hydrogens is 226 g/mol. The second-order valence-electron chi connectivity index (χ2n) is 4.00. The Morgan fingerprint density at radius 2 is 1.82 bits per heavy atom. The number of fused-ring (bicyclic) bond motifs is 1. The van der Waals surface area contributed by atoms with Crippen molar-refractivity contribution in [1.82, 2.24) is 0 Å². The first-order chi connectivity index (χ1) is 8.36. The third kappa shape index (κ3) is 1.86. The molecule has 0 spiro atoms. The monoisotopic (exact) mass is 238 g/mol. The van der Waals surface area contributed by atoms with Gasteiger partial charge in [-0.2, -0.15) is 0 Å². The molecule has 1 heterocycles. The number of hydrogen-bond acceptors (Lipinski definition) is 2. The van der Waals surface area contributed by atoms with Crippen molar-refractivity contribution in [3.05, 3.63) is 70.4 Å². The van der Waals surface area contributed by atoms with Crippen molar-refractivity contribution in [2.75, 3.05) is 0 Å². The summed E-state index contributed by atoms with van der Waals surface area (Å²) < 4.78 is 0. The van der Waals surface area contributed by atoms with E-state index in [1.165, 1.54) is 15.6 Å². The fourth-order valence-electron chi connectivity index (χ4n) is 2.01. The zero-order valence-corrected chi connectivity index (χ0v) is 10.1. The van der Waals surface area contributed by atoms with E-state index in [-0.39, 0.29) is 6.04 Å². The molecule has 3 rings (SSSR count). The van der Waals surface area contributed by atoms with Gasteiger partial charge in [0.15, 0.2) is 0 Å². The summed E-state index contributed by atoms with van der Waals surface area (Å²) in [4.78, 5) is 1.23. The first-order valence-electron chi connectivity index (χ1n) is 5.54. The Hall–Kier alpha value is -1.64. The fourth-order valence-corrected chi connectivity index (χ4v) is 3.07. The van der Waals surface area contributed by atoms with Gasteiger partial charge in [-0.3, -0.25) is 0 Å². The Morgan fingerprint density at radius 1 is 1.06 bits per heavy atom. The molecule has 2 N–H and O–H groups in total. The molecule has 1 nitrogen and oxygen atoms in total. The van der Waals surface area contributed by atoms with Gasteiger partial charge < -0.3 is 5.73 Å². The molecule has 0 aliphatic rings. The fraction of sp³-hybridized carbons (Fsp3) is 0.0667. The maximum atomic E-state index is 6.32. The number of thiophene rings is 1. The third-order valence-corrected chi connectivity index (χ3v) is 4.02. The van der Waals surface area contributed by atoms with Crippen molar-refractivity contribution in [3.63, 3.8) is 0 Å². The molecule has 2 aromatic carbocycles. The second kappa shape index (κ2) is 4.32. The summed E-state index contributed by atoms with van der Waals surface area (Å²) in [5, 5.41) is 4.70. The SMILES string of the molecule is NC(c1cc[c]cc1)c1scc2ccccc12. The minimum Gasteiger partial charge on any atom is -0.320 e. The van der Waals surface area contributed by atoms with Crippen LogP contribution in [-0.2, 0) is 0 Å². The molecule has 0 amide bonds. The molecule has 0 saturated heterocycles. The van der Waals surface area contributed by atoms with Crippen molar-refractivity contribution in [2.24, 2.45) is 5.73 Å². The molecular formula is C15H12NS. The van der Waals surface area contributed by atoms with Gasteiger partial charge in [-0.15, -0.1) is 11.3 Å². The lowest BCUT2D eigenvalue weighted by molar-refractivity contribution is 0.901. The molecule has 17 heavy (non-hydrogen) atoms. The van der Waals surface area contributed by atoms with Crippen LogP contribution in [0.4, 0.5) is 0 Å². The van der Waals surface area contributed by atoms with Crippen LogP contribution in [0.3, 0.4) is 0 Å². The molecule has 0 aliphatic heterocycles. The van der Waals surface area contributed by atoms with Gasteiger partial charge in [0.1, 0.15) is 0 Å². The van der Waals surface area contributed by atoms with Crippen LogP contribution in [0.1, 0.15) is 16.5 Å². The van der Waals surface area contributed by atoms with E-state index in [9.17, 15) is 0 Å². The summed E-state index contributed by atoms with van der Waals surface area (Å²) in [5.74, 6) is 0. The highest BCUT2D eigenvalue weighted by Crippen LogP contribution is 2.32. The lowest BCUT2D eigenvalue weighted by Gasteiger charge is -2.10. The van der Waals surface area contributed by atoms with E-state index >= 15 is 0 Å². The van der Waals surface area contributed by atoms with Crippen LogP contribution in [0.15, 0.2) is 53.9 Å². The molecule has 2 heteroatoms. The number of nitrogens with two attached hydrogens (primary N) is 1. The summed E-state index contributed by atoms with van der Waals surface area (Å²) in [5.41, 5.74) is 7.46. The van der Waals surface area contributed by atoms with E-state index in [4.69, 9.17) is 5.73 Å². The molecule has 1 aromatic heterocycles. The van der Waals surface area contributed by atoms with E-state index < -0.39 is 0 Å². The maximum Gasteiger partial charge on any atom is 0.0652 e. The van der Waals surface area contributed by atoms with E-state index in [0.29, 0.717) is 0 Å². The summed E-state index contributed by atoms with van der Waals surface area (Å²) in [6.45, 7) is 0. The molecule has 0 bridgehead atoms. The quantitative estimate of drug-likeness (QED) is 0.723. The van der Waals surface area contributed by atoms with Crippen LogP contribution >= 0.6 is 11.3 Å². The van der Waals surface area contributed by atoms with E-state index in [0.717, 1.165) is 5.56 Å². The molecule has 3 aromatic rings. The molecule has 0 aliphatic carbocycles. The van der Waals surface area contributed by atoms with Crippen LogP contribution in [0, 0.1) is 6.07 Å². The third-order valence-electron chi connectivity index (χ3n) is 2.92. The van der Waals surface area contributed by atoms with Gasteiger partial charge in [0.25, 0.3) is 0 Å². The highest BCUT2D eigenvalue weighted by Gasteiger charge is 2.13. The second-order valence-corrected chi connectivity index (χ2v) is 4.91. The van der Waals surface area contributed by atoms with Crippen molar-refractivity contribution < 1.29 is 0 Å². The Labute approximate surface area is 105 Å². The summed E-state index contributed by atoms with van der Waals surface area (Å²) >= 11 is 1.73. The Morgan fingerprint density at radius 3 is 2.65 bits per heavy atom. The average Bonchev–Trinajstić information content (AvgIpc) is 2.83. The highest BCUT2D eigenvalue weighted by atomic mass is 32.1. The zero-order valence-electron chi connectivity index (χ0n) is 9.26. The van der Waals surface area contributed by atoms with Gasteiger partial charge in [-0.1, -0.05) is 48.5 Å². The van der Waals surface area contributed by atoms with Crippen LogP contribution < -0.4 is 5.73 Å². The van der Waals surface area contributed by atoms with Crippen molar-refractivity contribution in [3.8, 4) is 0 Å². The number of benzene rings is 2.